The van der Waals surface area contributed by atoms with Crippen molar-refractivity contribution in [2.24, 2.45) is 0 Å². The summed E-state index contributed by atoms with van der Waals surface area (Å²) in [5.74, 6) is 0.183. The van der Waals surface area contributed by atoms with E-state index in [0.717, 1.165) is 29.9 Å². The Morgan fingerprint density at radius 1 is 1.13 bits per heavy atom. The lowest BCUT2D eigenvalue weighted by Crippen LogP contribution is -2.41. The number of hydrogen-bond donors (Lipinski definition) is 0. The van der Waals surface area contributed by atoms with E-state index in [1.54, 1.807) is 11.0 Å². The first-order valence-corrected chi connectivity index (χ1v) is 10.6. The number of hydrogen-bond acceptors (Lipinski definition) is 5. The number of aromatic nitrogens is 1. The van der Waals surface area contributed by atoms with E-state index in [2.05, 4.69) is 23.7 Å². The molecule has 0 spiro atoms. The van der Waals surface area contributed by atoms with Gasteiger partial charge in [-0.1, -0.05) is 37.3 Å². The van der Waals surface area contributed by atoms with Crippen LogP contribution in [0.25, 0.3) is 10.2 Å². The average Bonchev–Trinajstić information content (AvgIpc) is 3.12. The summed E-state index contributed by atoms with van der Waals surface area (Å²) in [7, 11) is 0. The Bertz CT molecular complexity index is 978. The number of rotatable bonds is 9. The molecule has 30 heavy (non-hydrogen) atoms. The van der Waals surface area contributed by atoms with Crippen molar-refractivity contribution < 1.29 is 13.9 Å². The van der Waals surface area contributed by atoms with Gasteiger partial charge in [-0.2, -0.15) is 0 Å². The van der Waals surface area contributed by atoms with Crippen LogP contribution < -0.4 is 9.64 Å². The molecule has 0 fully saturated rings. The van der Waals surface area contributed by atoms with Crippen molar-refractivity contribution >= 4 is 45.0 Å². The predicted octanol–water partition coefficient (Wildman–Crippen LogP) is 4.92. The summed E-state index contributed by atoms with van der Waals surface area (Å²) in [5.41, 5.74) is 1.76. The molecule has 8 heteroatoms. The zero-order chi connectivity index (χ0) is 20.8. The highest BCUT2D eigenvalue weighted by molar-refractivity contribution is 7.22. The first-order chi connectivity index (χ1) is 14.0. The van der Waals surface area contributed by atoms with E-state index in [0.29, 0.717) is 22.9 Å². The van der Waals surface area contributed by atoms with Gasteiger partial charge in [-0.3, -0.25) is 9.69 Å². The van der Waals surface area contributed by atoms with Crippen molar-refractivity contribution in [1.82, 2.24) is 9.88 Å². The normalized spacial score (nSPS) is 10.8. The highest BCUT2D eigenvalue weighted by Crippen LogP contribution is 2.29. The highest BCUT2D eigenvalue weighted by atomic mass is 35.5. The number of benzene rings is 2. The summed E-state index contributed by atoms with van der Waals surface area (Å²) >= 11 is 1.32. The fourth-order valence-electron chi connectivity index (χ4n) is 3.04. The Hall–Kier alpha value is -2.22. The zero-order valence-electron chi connectivity index (χ0n) is 17.4. The molecule has 1 amide bonds. The van der Waals surface area contributed by atoms with Gasteiger partial charge < -0.3 is 9.64 Å². The molecule has 1 aromatic heterocycles. The van der Waals surface area contributed by atoms with Gasteiger partial charge in [0.05, 0.1) is 10.2 Å². The third kappa shape index (κ3) is 6.14. The van der Waals surface area contributed by atoms with E-state index < -0.39 is 0 Å². The summed E-state index contributed by atoms with van der Waals surface area (Å²) in [4.78, 5) is 21.5. The Labute approximate surface area is 186 Å². The van der Waals surface area contributed by atoms with Crippen molar-refractivity contribution in [3.63, 3.8) is 0 Å². The van der Waals surface area contributed by atoms with Crippen LogP contribution in [0.4, 0.5) is 9.52 Å². The van der Waals surface area contributed by atoms with Crippen LogP contribution >= 0.6 is 23.7 Å². The highest BCUT2D eigenvalue weighted by Gasteiger charge is 2.21. The van der Waals surface area contributed by atoms with Crippen LogP contribution in [0.5, 0.6) is 5.75 Å². The van der Waals surface area contributed by atoms with Crippen LogP contribution in [0.1, 0.15) is 19.4 Å². The lowest BCUT2D eigenvalue weighted by Gasteiger charge is -2.24. The predicted molar refractivity (Wildman–Crippen MR) is 124 cm³/mol. The maximum Gasteiger partial charge on any atom is 0.266 e. The first-order valence-electron chi connectivity index (χ1n) is 9.78. The second-order valence-corrected chi connectivity index (χ2v) is 7.80. The van der Waals surface area contributed by atoms with Gasteiger partial charge in [-0.05, 0) is 55.9 Å². The van der Waals surface area contributed by atoms with Crippen molar-refractivity contribution in [3.05, 3.63) is 53.8 Å². The van der Waals surface area contributed by atoms with E-state index >= 15 is 0 Å². The first kappa shape index (κ1) is 24.1. The molecular weight excluding hydrogens is 425 g/mol. The zero-order valence-corrected chi connectivity index (χ0v) is 19.1. The Balaban J connectivity index is 0.00000320. The fourth-order valence-corrected chi connectivity index (χ4v) is 4.07. The summed E-state index contributed by atoms with van der Waals surface area (Å²) in [5, 5.41) is 0.565. The smallest absolute Gasteiger partial charge is 0.266 e. The van der Waals surface area contributed by atoms with Crippen LogP contribution in [0.2, 0.25) is 0 Å². The molecule has 0 saturated heterocycles. The fraction of sp³-hybridized carbons (Fsp3) is 0.364. The number of halogens is 2. The molecule has 0 N–H and O–H groups in total. The molecule has 3 rings (SSSR count). The summed E-state index contributed by atoms with van der Waals surface area (Å²) in [6.45, 7) is 9.13. The van der Waals surface area contributed by atoms with Crippen molar-refractivity contribution in [2.75, 3.05) is 37.7 Å². The second kappa shape index (κ2) is 11.2. The number of likely N-dealkylation sites (N-methyl/N-ethyl adjacent to an activating group) is 1. The van der Waals surface area contributed by atoms with Gasteiger partial charge >= 0.3 is 0 Å². The quantitative estimate of drug-likeness (QED) is 0.463. The molecule has 0 aliphatic carbocycles. The average molecular weight is 452 g/mol. The lowest BCUT2D eigenvalue weighted by atomic mass is 10.2. The Morgan fingerprint density at radius 3 is 2.60 bits per heavy atom. The molecule has 162 valence electrons. The van der Waals surface area contributed by atoms with Crippen LogP contribution in [0, 0.1) is 12.7 Å². The van der Waals surface area contributed by atoms with Crippen molar-refractivity contribution in [1.29, 1.82) is 0 Å². The Kier molecular flexibility index (Phi) is 9.02. The standard InChI is InChI=1S/C22H26FN3O2S.ClH/c1-4-25(5-2)11-12-26(21(27)15-28-18-8-6-7-16(3)13-18)22-24-19-10-9-17(23)14-20(19)29-22;/h6-10,13-14H,4-5,11-12,15H2,1-3H3;1H. The summed E-state index contributed by atoms with van der Waals surface area (Å²) in [6, 6.07) is 12.1. The van der Waals surface area contributed by atoms with E-state index in [1.807, 2.05) is 31.2 Å². The maximum atomic E-state index is 13.6. The molecule has 2 aromatic carbocycles. The molecule has 0 saturated carbocycles. The molecule has 0 aliphatic rings. The minimum Gasteiger partial charge on any atom is -0.484 e. The van der Waals surface area contributed by atoms with Crippen molar-refractivity contribution in [3.8, 4) is 5.75 Å². The van der Waals surface area contributed by atoms with Crippen molar-refractivity contribution in [2.45, 2.75) is 20.8 Å². The largest absolute Gasteiger partial charge is 0.484 e. The Morgan fingerprint density at radius 2 is 1.90 bits per heavy atom. The monoisotopic (exact) mass is 451 g/mol. The number of fused-ring (bicyclic) bond motifs is 1. The minimum absolute atomic E-state index is 0. The van der Waals surface area contributed by atoms with E-state index in [1.165, 1.54) is 23.5 Å². The number of nitrogens with zero attached hydrogens (tertiary/aromatic N) is 3. The molecule has 1 heterocycles. The summed E-state index contributed by atoms with van der Waals surface area (Å²) in [6.07, 6.45) is 0. The third-order valence-electron chi connectivity index (χ3n) is 4.76. The van der Waals surface area contributed by atoms with Crippen LogP contribution in [-0.2, 0) is 4.79 Å². The van der Waals surface area contributed by atoms with Gasteiger partial charge in [0, 0.05) is 13.1 Å². The van der Waals surface area contributed by atoms with E-state index in [4.69, 9.17) is 4.74 Å². The molecular formula is C22H27ClFN3O2S. The number of aryl methyl sites for hydroxylation is 1. The number of amides is 1. The minimum atomic E-state index is -0.309. The third-order valence-corrected chi connectivity index (χ3v) is 5.80. The van der Waals surface area contributed by atoms with E-state index in [9.17, 15) is 9.18 Å². The SMILES string of the molecule is CCN(CC)CCN(C(=O)COc1cccc(C)c1)c1nc2ccc(F)cc2s1.Cl. The van der Waals surface area contributed by atoms with Crippen LogP contribution in [-0.4, -0.2) is 48.6 Å². The maximum absolute atomic E-state index is 13.6. The molecule has 3 aromatic rings. The van der Waals surface area contributed by atoms with Gasteiger partial charge in [-0.15, -0.1) is 12.4 Å². The molecule has 0 aliphatic heterocycles. The van der Waals surface area contributed by atoms with Gasteiger partial charge in [0.1, 0.15) is 11.6 Å². The number of ether oxygens (including phenoxy) is 1. The molecule has 0 atom stereocenters. The van der Waals surface area contributed by atoms with Gasteiger partial charge in [-0.25, -0.2) is 9.37 Å². The van der Waals surface area contributed by atoms with E-state index in [-0.39, 0.29) is 30.7 Å². The molecule has 0 unspecified atom stereocenters. The number of carbonyl (C=O) groups is 1. The van der Waals surface area contributed by atoms with Crippen LogP contribution in [0.15, 0.2) is 42.5 Å². The van der Waals surface area contributed by atoms with Gasteiger partial charge in [0.25, 0.3) is 5.91 Å². The van der Waals surface area contributed by atoms with Gasteiger partial charge in [0.15, 0.2) is 11.7 Å². The molecule has 0 bridgehead atoms. The summed E-state index contributed by atoms with van der Waals surface area (Å²) < 4.78 is 20.0. The molecule has 0 radical (unpaired) electrons. The number of thiazole rings is 1. The van der Waals surface area contributed by atoms with Gasteiger partial charge in [0.2, 0.25) is 0 Å². The number of carbonyl (C=O) groups excluding carboxylic acids is 1. The second-order valence-electron chi connectivity index (χ2n) is 6.79. The topological polar surface area (TPSA) is 45.7 Å². The number of anilines is 1. The molecule has 5 nitrogen and oxygen atoms in total. The lowest BCUT2D eigenvalue weighted by molar-refractivity contribution is -0.120. The van der Waals surface area contributed by atoms with Crippen LogP contribution in [0.3, 0.4) is 0 Å².